The summed E-state index contributed by atoms with van der Waals surface area (Å²) in [6, 6.07) is 0. The number of carbonyl (C=O) groups is 1. The summed E-state index contributed by atoms with van der Waals surface area (Å²) in [7, 11) is 0. The molecule has 3 unspecified atom stereocenters. The van der Waals surface area contributed by atoms with Crippen molar-refractivity contribution in [2.24, 2.45) is 28.6 Å². The van der Waals surface area contributed by atoms with Crippen molar-refractivity contribution >= 4 is 5.97 Å². The van der Waals surface area contributed by atoms with Gasteiger partial charge in [0.25, 0.3) is 0 Å². The standard InChI is InChI=1S/C21H30O3/c1-10-14(19(23)24)15-12(3)16(20(5,6)7)18(22)17(13(15)4)21(8,9)11-2/h10-11,14-16,22H,1-4H2,5-9H3,(H,23,24). The third-order valence-electron chi connectivity index (χ3n) is 4.92. The summed E-state index contributed by atoms with van der Waals surface area (Å²) in [5.41, 5.74) is 1.06. The van der Waals surface area contributed by atoms with Crippen LogP contribution in [0, 0.1) is 28.6 Å². The van der Waals surface area contributed by atoms with Crippen molar-refractivity contribution in [1.82, 2.24) is 0 Å². The number of aliphatic carboxylic acids is 1. The molecule has 0 saturated carbocycles. The number of aliphatic hydroxyl groups is 1. The fraction of sp³-hybridized carbons (Fsp3) is 0.476. The highest BCUT2D eigenvalue weighted by Crippen LogP contribution is 2.53. The van der Waals surface area contributed by atoms with Crippen molar-refractivity contribution in [3.8, 4) is 0 Å². The zero-order valence-electron chi connectivity index (χ0n) is 15.5. The average molecular weight is 330 g/mol. The summed E-state index contributed by atoms with van der Waals surface area (Å²) in [5, 5.41) is 20.6. The van der Waals surface area contributed by atoms with Crippen LogP contribution < -0.4 is 0 Å². The molecule has 0 aliphatic heterocycles. The number of rotatable bonds is 5. The molecular weight excluding hydrogens is 300 g/mol. The maximum absolute atomic E-state index is 11.7. The molecule has 3 atom stereocenters. The molecular formula is C21H30O3. The topological polar surface area (TPSA) is 57.5 Å². The lowest BCUT2D eigenvalue weighted by molar-refractivity contribution is -0.141. The van der Waals surface area contributed by atoms with Gasteiger partial charge in [-0.1, -0.05) is 65.5 Å². The van der Waals surface area contributed by atoms with Gasteiger partial charge in [-0.15, -0.1) is 13.2 Å². The molecule has 1 aliphatic rings. The van der Waals surface area contributed by atoms with Crippen LogP contribution in [-0.4, -0.2) is 16.2 Å². The molecule has 3 nitrogen and oxygen atoms in total. The second kappa shape index (κ2) is 6.46. The number of carboxylic acid groups (broad SMARTS) is 1. The molecule has 3 heteroatoms. The van der Waals surface area contributed by atoms with Gasteiger partial charge in [0, 0.05) is 22.8 Å². The molecule has 2 N–H and O–H groups in total. The van der Waals surface area contributed by atoms with Crippen molar-refractivity contribution in [3.05, 3.63) is 60.9 Å². The van der Waals surface area contributed by atoms with Gasteiger partial charge in [-0.25, -0.2) is 0 Å². The number of hydrogen-bond acceptors (Lipinski definition) is 2. The quantitative estimate of drug-likeness (QED) is 0.672. The van der Waals surface area contributed by atoms with Crippen LogP contribution in [-0.2, 0) is 4.79 Å². The number of allylic oxidation sites excluding steroid dienone is 4. The van der Waals surface area contributed by atoms with Crippen LogP contribution in [0.4, 0.5) is 0 Å². The summed E-state index contributed by atoms with van der Waals surface area (Å²) in [4.78, 5) is 11.7. The zero-order chi connectivity index (χ0) is 19.0. The average Bonchev–Trinajstić information content (AvgIpc) is 2.40. The Kier molecular flexibility index (Phi) is 5.39. The van der Waals surface area contributed by atoms with Gasteiger partial charge in [0.2, 0.25) is 0 Å². The largest absolute Gasteiger partial charge is 0.511 e. The molecule has 0 radical (unpaired) electrons. The minimum Gasteiger partial charge on any atom is -0.511 e. The Morgan fingerprint density at radius 3 is 2.00 bits per heavy atom. The van der Waals surface area contributed by atoms with E-state index >= 15 is 0 Å². The molecule has 0 spiro atoms. The van der Waals surface area contributed by atoms with Crippen LogP contribution in [0.5, 0.6) is 0 Å². The van der Waals surface area contributed by atoms with Gasteiger partial charge in [-0.05, 0) is 11.0 Å². The van der Waals surface area contributed by atoms with Gasteiger partial charge in [0.05, 0.1) is 5.92 Å². The van der Waals surface area contributed by atoms with Crippen LogP contribution in [0.2, 0.25) is 0 Å². The van der Waals surface area contributed by atoms with E-state index < -0.39 is 23.2 Å². The fourth-order valence-corrected chi connectivity index (χ4v) is 3.68. The smallest absolute Gasteiger partial charge is 0.311 e. The Bertz CT molecular complexity index is 626. The highest BCUT2D eigenvalue weighted by Gasteiger charge is 2.47. The second-order valence-electron chi connectivity index (χ2n) is 8.16. The molecule has 0 aromatic carbocycles. The first-order chi connectivity index (χ1) is 10.8. The Labute approximate surface area is 145 Å². The molecule has 24 heavy (non-hydrogen) atoms. The van der Waals surface area contributed by atoms with E-state index in [1.807, 2.05) is 34.6 Å². The van der Waals surface area contributed by atoms with E-state index in [1.54, 1.807) is 6.08 Å². The van der Waals surface area contributed by atoms with E-state index in [9.17, 15) is 15.0 Å². The number of carboxylic acids is 1. The van der Waals surface area contributed by atoms with Crippen LogP contribution in [0.15, 0.2) is 60.9 Å². The van der Waals surface area contributed by atoms with Gasteiger partial charge >= 0.3 is 5.97 Å². The van der Waals surface area contributed by atoms with E-state index in [0.717, 1.165) is 0 Å². The zero-order valence-corrected chi connectivity index (χ0v) is 15.5. The molecule has 0 bridgehead atoms. The van der Waals surface area contributed by atoms with E-state index in [-0.39, 0.29) is 17.1 Å². The van der Waals surface area contributed by atoms with Crippen LogP contribution >= 0.6 is 0 Å². The maximum Gasteiger partial charge on any atom is 0.311 e. The minimum atomic E-state index is -0.970. The Morgan fingerprint density at radius 1 is 1.17 bits per heavy atom. The van der Waals surface area contributed by atoms with Gasteiger partial charge in [0.1, 0.15) is 5.76 Å². The molecule has 0 fully saturated rings. The summed E-state index contributed by atoms with van der Waals surface area (Å²) >= 11 is 0. The predicted molar refractivity (Wildman–Crippen MR) is 99.7 cm³/mol. The summed E-state index contributed by atoms with van der Waals surface area (Å²) in [5.74, 6) is -2.45. The summed E-state index contributed by atoms with van der Waals surface area (Å²) in [6.45, 7) is 25.7. The molecule has 132 valence electrons. The van der Waals surface area contributed by atoms with E-state index in [1.165, 1.54) is 6.08 Å². The number of hydrogen-bond donors (Lipinski definition) is 2. The number of aliphatic hydroxyl groups excluding tert-OH is 1. The van der Waals surface area contributed by atoms with Gasteiger partial charge in [-0.3, -0.25) is 4.79 Å². The molecule has 1 aliphatic carbocycles. The lowest BCUT2D eigenvalue weighted by Crippen LogP contribution is -2.39. The maximum atomic E-state index is 11.7. The molecule has 0 amide bonds. The Hall–Kier alpha value is -2.03. The molecule has 0 saturated heterocycles. The van der Waals surface area contributed by atoms with Crippen molar-refractivity contribution in [2.75, 3.05) is 0 Å². The highest BCUT2D eigenvalue weighted by molar-refractivity contribution is 5.75. The van der Waals surface area contributed by atoms with Gasteiger partial charge < -0.3 is 10.2 Å². The monoisotopic (exact) mass is 330 g/mol. The summed E-state index contributed by atoms with van der Waals surface area (Å²) < 4.78 is 0. The first-order valence-electron chi connectivity index (χ1n) is 8.11. The molecule has 0 aromatic heterocycles. The van der Waals surface area contributed by atoms with E-state index in [4.69, 9.17) is 0 Å². The Balaban J connectivity index is 3.75. The van der Waals surface area contributed by atoms with Gasteiger partial charge in [-0.2, -0.15) is 0 Å². The van der Waals surface area contributed by atoms with E-state index in [0.29, 0.717) is 16.7 Å². The highest BCUT2D eigenvalue weighted by atomic mass is 16.4. The van der Waals surface area contributed by atoms with Crippen molar-refractivity contribution < 1.29 is 15.0 Å². The lowest BCUT2D eigenvalue weighted by atomic mass is 9.59. The first-order valence-corrected chi connectivity index (χ1v) is 8.11. The van der Waals surface area contributed by atoms with Crippen LogP contribution in [0.3, 0.4) is 0 Å². The third kappa shape index (κ3) is 3.26. The van der Waals surface area contributed by atoms with Crippen molar-refractivity contribution in [3.63, 3.8) is 0 Å². The fourth-order valence-electron chi connectivity index (χ4n) is 3.68. The molecule has 0 aromatic rings. The van der Waals surface area contributed by atoms with E-state index in [2.05, 4.69) is 26.3 Å². The van der Waals surface area contributed by atoms with Crippen LogP contribution in [0.25, 0.3) is 0 Å². The lowest BCUT2D eigenvalue weighted by Gasteiger charge is -2.45. The first kappa shape index (κ1) is 20.0. The van der Waals surface area contributed by atoms with Crippen LogP contribution in [0.1, 0.15) is 34.6 Å². The summed E-state index contributed by atoms with van der Waals surface area (Å²) in [6.07, 6.45) is 3.17. The van der Waals surface area contributed by atoms with Gasteiger partial charge in [0.15, 0.2) is 0 Å². The second-order valence-corrected chi connectivity index (χ2v) is 8.16. The molecule has 1 rings (SSSR count). The van der Waals surface area contributed by atoms with Crippen molar-refractivity contribution in [2.45, 2.75) is 34.6 Å². The minimum absolute atomic E-state index is 0.215. The Morgan fingerprint density at radius 2 is 1.67 bits per heavy atom. The SMILES string of the molecule is C=CC(C(=O)O)C1C(=C)C(C(C)(C)C=C)=C(O)C(C(C)(C)C)C1=C. The van der Waals surface area contributed by atoms with Crippen molar-refractivity contribution in [1.29, 1.82) is 0 Å². The predicted octanol–water partition coefficient (Wildman–Crippen LogP) is 5.30. The normalized spacial score (nSPS) is 23.9. The third-order valence-corrected chi connectivity index (χ3v) is 4.92. The molecule has 0 heterocycles.